The van der Waals surface area contributed by atoms with Crippen LogP contribution >= 0.6 is 0 Å². The van der Waals surface area contributed by atoms with E-state index in [0.29, 0.717) is 11.3 Å². The fraction of sp³-hybridized carbons (Fsp3) is 0.500. The second kappa shape index (κ2) is 5.40. The van der Waals surface area contributed by atoms with Crippen LogP contribution in [-0.2, 0) is 4.79 Å². The Morgan fingerprint density at radius 2 is 1.83 bits per heavy atom. The monoisotopic (exact) mass is 251 g/mol. The van der Waals surface area contributed by atoms with Crippen LogP contribution in [0.5, 0.6) is 11.5 Å². The molecule has 0 amide bonds. The van der Waals surface area contributed by atoms with Gasteiger partial charge in [-0.3, -0.25) is 0 Å². The molecule has 1 atom stereocenters. The topological polar surface area (TPSA) is 72.5 Å². The number of carbonyl (C=O) groups is 1. The average molecular weight is 251 g/mol. The number of phenols is 1. The molecule has 0 aliphatic carbocycles. The number of ether oxygens (including phenoxy) is 1. The van der Waals surface area contributed by atoms with Crippen LogP contribution in [0.4, 0.5) is 0 Å². The molecule has 0 unspecified atom stereocenters. The third-order valence-corrected chi connectivity index (χ3v) is 3.21. The van der Waals surface area contributed by atoms with Gasteiger partial charge in [0, 0.05) is 0 Å². The third kappa shape index (κ3) is 2.82. The van der Waals surface area contributed by atoms with Gasteiger partial charge in [0.05, 0.1) is 0 Å². The summed E-state index contributed by atoms with van der Waals surface area (Å²) in [5, 5.41) is 9.78. The minimum absolute atomic E-state index is 0.0251. The van der Waals surface area contributed by atoms with E-state index >= 15 is 0 Å². The smallest absolute Gasteiger partial charge is 0.328 e. The minimum atomic E-state index is -0.640. The van der Waals surface area contributed by atoms with Crippen molar-refractivity contribution in [2.45, 2.75) is 40.7 Å². The highest BCUT2D eigenvalue weighted by Gasteiger charge is 2.21. The Balaban J connectivity index is 3.03. The van der Waals surface area contributed by atoms with Gasteiger partial charge in [-0.05, 0) is 49.4 Å². The van der Waals surface area contributed by atoms with Crippen LogP contribution in [0.1, 0.15) is 30.5 Å². The molecule has 3 N–H and O–H groups in total. The summed E-state index contributed by atoms with van der Waals surface area (Å²) >= 11 is 0. The van der Waals surface area contributed by atoms with Crippen molar-refractivity contribution in [2.24, 2.45) is 11.7 Å². The first-order valence-corrected chi connectivity index (χ1v) is 6.02. The zero-order chi connectivity index (χ0) is 14.0. The lowest BCUT2D eigenvalue weighted by molar-refractivity contribution is -0.136. The molecule has 0 aliphatic rings. The Labute approximate surface area is 108 Å². The number of rotatable bonds is 3. The maximum Gasteiger partial charge on any atom is 0.328 e. The molecule has 4 nitrogen and oxygen atoms in total. The lowest BCUT2D eigenvalue weighted by Crippen LogP contribution is -2.38. The molecule has 1 aromatic carbocycles. The third-order valence-electron chi connectivity index (χ3n) is 3.21. The van der Waals surface area contributed by atoms with E-state index in [4.69, 9.17) is 10.5 Å². The molecule has 4 heteroatoms. The van der Waals surface area contributed by atoms with E-state index in [0.717, 1.165) is 11.1 Å². The molecular weight excluding hydrogens is 230 g/mol. The molecule has 0 aromatic heterocycles. The number of hydrogen-bond donors (Lipinski definition) is 2. The van der Waals surface area contributed by atoms with Gasteiger partial charge in [-0.2, -0.15) is 0 Å². The first kappa shape index (κ1) is 14.5. The van der Waals surface area contributed by atoms with Crippen molar-refractivity contribution in [1.29, 1.82) is 0 Å². The van der Waals surface area contributed by atoms with Gasteiger partial charge in [-0.1, -0.05) is 13.8 Å². The summed E-state index contributed by atoms with van der Waals surface area (Å²) < 4.78 is 5.31. The highest BCUT2D eigenvalue weighted by atomic mass is 16.5. The Morgan fingerprint density at radius 1 is 1.28 bits per heavy atom. The van der Waals surface area contributed by atoms with Crippen molar-refractivity contribution in [3.05, 3.63) is 22.8 Å². The molecule has 0 saturated carbocycles. The van der Waals surface area contributed by atoms with Gasteiger partial charge in [0.1, 0.15) is 17.5 Å². The summed E-state index contributed by atoms with van der Waals surface area (Å²) in [6, 6.07) is 1.02. The Bertz CT molecular complexity index is 467. The number of phenolic OH excluding ortho intramolecular Hbond substituents is 1. The molecule has 0 radical (unpaired) electrons. The van der Waals surface area contributed by atoms with Crippen molar-refractivity contribution in [1.82, 2.24) is 0 Å². The van der Waals surface area contributed by atoms with Crippen LogP contribution in [0.3, 0.4) is 0 Å². The van der Waals surface area contributed by atoms with Gasteiger partial charge < -0.3 is 15.6 Å². The van der Waals surface area contributed by atoms with Gasteiger partial charge in [0.15, 0.2) is 0 Å². The Morgan fingerprint density at radius 3 is 2.33 bits per heavy atom. The molecule has 0 aliphatic heterocycles. The lowest BCUT2D eigenvalue weighted by Gasteiger charge is -2.17. The average Bonchev–Trinajstić information content (AvgIpc) is 2.32. The SMILES string of the molecule is Cc1cc(OC(=O)[C@@H](N)C(C)C)c(C)c(C)c1O. The van der Waals surface area contributed by atoms with Crippen molar-refractivity contribution in [3.8, 4) is 11.5 Å². The maximum atomic E-state index is 11.8. The van der Waals surface area contributed by atoms with Crippen LogP contribution in [0.15, 0.2) is 6.07 Å². The number of benzene rings is 1. The van der Waals surface area contributed by atoms with E-state index in [1.807, 2.05) is 13.8 Å². The molecule has 100 valence electrons. The Kier molecular flexibility index (Phi) is 4.35. The quantitative estimate of drug-likeness (QED) is 0.638. The summed E-state index contributed by atoms with van der Waals surface area (Å²) in [4.78, 5) is 11.8. The van der Waals surface area contributed by atoms with Crippen LogP contribution in [0, 0.1) is 26.7 Å². The molecule has 0 bridgehead atoms. The molecule has 0 fully saturated rings. The van der Waals surface area contributed by atoms with E-state index in [-0.39, 0.29) is 11.7 Å². The van der Waals surface area contributed by atoms with E-state index < -0.39 is 12.0 Å². The number of hydrogen-bond acceptors (Lipinski definition) is 4. The normalized spacial score (nSPS) is 12.6. The van der Waals surface area contributed by atoms with Crippen LogP contribution in [0.2, 0.25) is 0 Å². The van der Waals surface area contributed by atoms with E-state index in [9.17, 15) is 9.90 Å². The summed E-state index contributed by atoms with van der Waals surface area (Å²) in [6.45, 7) is 9.09. The van der Waals surface area contributed by atoms with E-state index in [1.54, 1.807) is 26.8 Å². The number of carbonyl (C=O) groups excluding carboxylic acids is 1. The first-order valence-electron chi connectivity index (χ1n) is 6.02. The van der Waals surface area contributed by atoms with Gasteiger partial charge in [0.2, 0.25) is 0 Å². The number of esters is 1. The standard InChI is InChI=1S/C14H21NO3/c1-7(2)12(15)14(17)18-11-6-8(3)13(16)10(5)9(11)4/h6-7,12,16H,15H2,1-5H3/t12-/m0/s1. The van der Waals surface area contributed by atoms with Crippen LogP contribution in [-0.4, -0.2) is 17.1 Å². The second-order valence-corrected chi connectivity index (χ2v) is 4.98. The van der Waals surface area contributed by atoms with Crippen LogP contribution < -0.4 is 10.5 Å². The van der Waals surface area contributed by atoms with E-state index in [1.165, 1.54) is 0 Å². The minimum Gasteiger partial charge on any atom is -0.507 e. The van der Waals surface area contributed by atoms with Crippen molar-refractivity contribution in [3.63, 3.8) is 0 Å². The van der Waals surface area contributed by atoms with Crippen molar-refractivity contribution in [2.75, 3.05) is 0 Å². The zero-order valence-electron chi connectivity index (χ0n) is 11.6. The highest BCUT2D eigenvalue weighted by molar-refractivity contribution is 5.78. The predicted molar refractivity (Wildman–Crippen MR) is 70.8 cm³/mol. The second-order valence-electron chi connectivity index (χ2n) is 4.98. The number of nitrogens with two attached hydrogens (primary N) is 1. The number of aromatic hydroxyl groups is 1. The highest BCUT2D eigenvalue weighted by Crippen LogP contribution is 2.32. The van der Waals surface area contributed by atoms with Crippen LogP contribution in [0.25, 0.3) is 0 Å². The predicted octanol–water partition coefficient (Wildman–Crippen LogP) is 2.21. The summed E-state index contributed by atoms with van der Waals surface area (Å²) in [7, 11) is 0. The summed E-state index contributed by atoms with van der Waals surface area (Å²) in [6.07, 6.45) is 0. The first-order chi connectivity index (χ1) is 8.25. The molecule has 1 aromatic rings. The zero-order valence-corrected chi connectivity index (χ0v) is 11.6. The summed E-state index contributed by atoms with van der Waals surface area (Å²) in [5.41, 5.74) is 7.89. The molecule has 0 saturated heterocycles. The van der Waals surface area contributed by atoms with Gasteiger partial charge in [0.25, 0.3) is 0 Å². The fourth-order valence-corrected chi connectivity index (χ4v) is 1.59. The molecule has 0 spiro atoms. The summed E-state index contributed by atoms with van der Waals surface area (Å²) in [5.74, 6) is 0.277. The van der Waals surface area contributed by atoms with Gasteiger partial charge in [-0.15, -0.1) is 0 Å². The lowest BCUT2D eigenvalue weighted by atomic mass is 10.0. The maximum absolute atomic E-state index is 11.8. The molecular formula is C14H21NO3. The fourth-order valence-electron chi connectivity index (χ4n) is 1.59. The molecule has 1 rings (SSSR count). The largest absolute Gasteiger partial charge is 0.507 e. The number of aryl methyl sites for hydroxylation is 1. The molecule has 18 heavy (non-hydrogen) atoms. The van der Waals surface area contributed by atoms with E-state index in [2.05, 4.69) is 0 Å². The van der Waals surface area contributed by atoms with Gasteiger partial charge in [-0.25, -0.2) is 4.79 Å². The molecule has 0 heterocycles. The van der Waals surface area contributed by atoms with Crippen molar-refractivity contribution >= 4 is 5.97 Å². The Hall–Kier alpha value is -1.55. The van der Waals surface area contributed by atoms with Gasteiger partial charge >= 0.3 is 5.97 Å². The van der Waals surface area contributed by atoms with Crippen molar-refractivity contribution < 1.29 is 14.6 Å².